The number of carbonyl (C=O) groups is 1. The summed E-state index contributed by atoms with van der Waals surface area (Å²) in [5.41, 5.74) is 1.47. The third-order valence-corrected chi connectivity index (χ3v) is 3.35. The maximum Gasteiger partial charge on any atom is 0.273 e. The largest absolute Gasteiger partial charge is 0.351 e. The second kappa shape index (κ2) is 9.79. The van der Waals surface area contributed by atoms with Crippen molar-refractivity contribution in [1.29, 1.82) is 0 Å². The first-order chi connectivity index (χ1) is 11.7. The molecule has 0 aliphatic rings. The van der Waals surface area contributed by atoms with Gasteiger partial charge in [-0.2, -0.15) is 0 Å². The summed E-state index contributed by atoms with van der Waals surface area (Å²) in [6.07, 6.45) is 1.98. The number of rotatable bonds is 10. The smallest absolute Gasteiger partial charge is 0.273 e. The molecule has 0 spiro atoms. The average molecular weight is 332 g/mol. The molecule has 0 aliphatic heterocycles. The van der Waals surface area contributed by atoms with E-state index < -0.39 is 6.29 Å². The Morgan fingerprint density at radius 1 is 1.21 bits per heavy atom. The highest BCUT2D eigenvalue weighted by atomic mass is 16.7. The second-order valence-electron chi connectivity index (χ2n) is 5.16. The Kier molecular flexibility index (Phi) is 7.38. The van der Waals surface area contributed by atoms with Gasteiger partial charge in [0.15, 0.2) is 12.0 Å². The molecule has 0 aliphatic carbocycles. The molecule has 2 rings (SSSR count). The number of hydrogen-bond donors (Lipinski definition) is 1. The summed E-state index contributed by atoms with van der Waals surface area (Å²) in [6.45, 7) is 5.85. The molecule has 7 nitrogen and oxygen atoms in total. The van der Waals surface area contributed by atoms with Crippen LogP contribution in [0.2, 0.25) is 0 Å². The Morgan fingerprint density at radius 3 is 2.58 bits per heavy atom. The van der Waals surface area contributed by atoms with Gasteiger partial charge in [0.05, 0.1) is 12.7 Å². The van der Waals surface area contributed by atoms with Gasteiger partial charge in [0.1, 0.15) is 0 Å². The topological polar surface area (TPSA) is 78.3 Å². The Hall–Kier alpha value is -2.25. The minimum atomic E-state index is -0.393. The van der Waals surface area contributed by atoms with Crippen LogP contribution in [0.3, 0.4) is 0 Å². The van der Waals surface area contributed by atoms with Gasteiger partial charge < -0.3 is 14.8 Å². The van der Waals surface area contributed by atoms with E-state index in [2.05, 4.69) is 15.6 Å². The van der Waals surface area contributed by atoms with Crippen LogP contribution in [0.25, 0.3) is 0 Å². The van der Waals surface area contributed by atoms with Crippen LogP contribution in [0.4, 0.5) is 0 Å². The van der Waals surface area contributed by atoms with Gasteiger partial charge in [-0.05, 0) is 25.8 Å². The number of hydrogen-bond acceptors (Lipinski definition) is 5. The lowest BCUT2D eigenvalue weighted by Gasteiger charge is -2.16. The summed E-state index contributed by atoms with van der Waals surface area (Å²) < 4.78 is 12.5. The van der Waals surface area contributed by atoms with E-state index in [4.69, 9.17) is 9.47 Å². The number of benzene rings is 1. The Morgan fingerprint density at radius 2 is 1.92 bits per heavy atom. The van der Waals surface area contributed by atoms with Gasteiger partial charge in [0.25, 0.3) is 5.91 Å². The van der Waals surface area contributed by atoms with Crippen LogP contribution in [-0.2, 0) is 22.4 Å². The summed E-state index contributed by atoms with van der Waals surface area (Å²) in [5.74, 6) is -0.235. The number of aromatic nitrogens is 3. The zero-order valence-electron chi connectivity index (χ0n) is 14.1. The fourth-order valence-corrected chi connectivity index (χ4v) is 2.23. The molecule has 2 aromatic rings. The van der Waals surface area contributed by atoms with Crippen LogP contribution in [-0.4, -0.2) is 46.9 Å². The van der Waals surface area contributed by atoms with Crippen LogP contribution in [0.1, 0.15) is 29.9 Å². The number of ether oxygens (including phenoxy) is 2. The number of nitrogens with zero attached hydrogens (tertiary/aromatic N) is 3. The first-order valence-electron chi connectivity index (χ1n) is 8.18. The van der Waals surface area contributed by atoms with E-state index in [0.29, 0.717) is 26.3 Å². The molecule has 1 aromatic carbocycles. The first kappa shape index (κ1) is 18.1. The van der Waals surface area contributed by atoms with Crippen molar-refractivity contribution in [2.45, 2.75) is 33.1 Å². The van der Waals surface area contributed by atoms with Crippen molar-refractivity contribution in [3.05, 3.63) is 47.8 Å². The van der Waals surface area contributed by atoms with Crippen molar-refractivity contribution >= 4 is 5.91 Å². The highest BCUT2D eigenvalue weighted by Crippen LogP contribution is 2.02. The molecule has 130 valence electrons. The van der Waals surface area contributed by atoms with Crippen molar-refractivity contribution in [1.82, 2.24) is 20.3 Å². The van der Waals surface area contributed by atoms with Gasteiger partial charge in [-0.25, -0.2) is 4.68 Å². The zero-order valence-corrected chi connectivity index (χ0v) is 14.1. The lowest BCUT2D eigenvalue weighted by molar-refractivity contribution is -0.145. The van der Waals surface area contributed by atoms with Gasteiger partial charge in [-0.1, -0.05) is 35.5 Å². The molecule has 0 unspecified atom stereocenters. The lowest BCUT2D eigenvalue weighted by atomic mass is 10.1. The third kappa shape index (κ3) is 5.75. The molecular formula is C17H24N4O3. The predicted molar refractivity (Wildman–Crippen MR) is 89.5 cm³/mol. The molecule has 0 saturated heterocycles. The van der Waals surface area contributed by atoms with Crippen molar-refractivity contribution in [3.8, 4) is 0 Å². The van der Waals surface area contributed by atoms with E-state index in [-0.39, 0.29) is 11.6 Å². The SMILES string of the molecule is CCOC(Cn1cc(C(=O)NCCc2ccccc2)nn1)OCC. The van der Waals surface area contributed by atoms with Gasteiger partial charge in [-0.15, -0.1) is 5.10 Å². The molecule has 0 radical (unpaired) electrons. The molecular weight excluding hydrogens is 308 g/mol. The van der Waals surface area contributed by atoms with Crippen LogP contribution in [0.15, 0.2) is 36.5 Å². The molecule has 1 N–H and O–H groups in total. The molecule has 0 saturated carbocycles. The normalized spacial score (nSPS) is 11.0. The molecule has 1 aromatic heterocycles. The van der Waals surface area contributed by atoms with E-state index in [0.717, 1.165) is 6.42 Å². The van der Waals surface area contributed by atoms with Crippen LogP contribution in [0, 0.1) is 0 Å². The van der Waals surface area contributed by atoms with E-state index in [9.17, 15) is 4.79 Å². The number of nitrogens with one attached hydrogen (secondary N) is 1. The molecule has 1 amide bonds. The second-order valence-corrected chi connectivity index (χ2v) is 5.16. The highest BCUT2D eigenvalue weighted by Gasteiger charge is 2.14. The average Bonchev–Trinajstić information content (AvgIpc) is 3.05. The lowest BCUT2D eigenvalue weighted by Crippen LogP contribution is -2.26. The molecule has 7 heteroatoms. The standard InChI is InChI=1S/C17H24N4O3/c1-3-23-16(24-4-2)13-21-12-15(19-20-21)17(22)18-11-10-14-8-6-5-7-9-14/h5-9,12,16H,3-4,10-11,13H2,1-2H3,(H,18,22). The quantitative estimate of drug-likeness (QED) is 0.669. The monoisotopic (exact) mass is 332 g/mol. The van der Waals surface area contributed by atoms with Crippen molar-refractivity contribution in [3.63, 3.8) is 0 Å². The Bertz CT molecular complexity index is 609. The summed E-state index contributed by atoms with van der Waals surface area (Å²) in [6, 6.07) is 10.00. The Balaban J connectivity index is 1.81. The van der Waals surface area contributed by atoms with Gasteiger partial charge >= 0.3 is 0 Å². The maximum absolute atomic E-state index is 12.1. The van der Waals surface area contributed by atoms with Crippen LogP contribution >= 0.6 is 0 Å². The van der Waals surface area contributed by atoms with E-state index in [1.54, 1.807) is 10.9 Å². The van der Waals surface area contributed by atoms with Crippen molar-refractivity contribution in [2.75, 3.05) is 19.8 Å². The summed E-state index contributed by atoms with van der Waals surface area (Å²) >= 11 is 0. The number of carbonyl (C=O) groups excluding carboxylic acids is 1. The van der Waals surface area contributed by atoms with Crippen LogP contribution < -0.4 is 5.32 Å². The van der Waals surface area contributed by atoms with Crippen molar-refractivity contribution < 1.29 is 14.3 Å². The first-order valence-corrected chi connectivity index (χ1v) is 8.18. The molecule has 0 atom stereocenters. The van der Waals surface area contributed by atoms with E-state index >= 15 is 0 Å². The fraction of sp³-hybridized carbons (Fsp3) is 0.471. The minimum absolute atomic E-state index is 0.235. The Labute approximate surface area is 142 Å². The van der Waals surface area contributed by atoms with Gasteiger partial charge in [0.2, 0.25) is 0 Å². The zero-order chi connectivity index (χ0) is 17.2. The van der Waals surface area contributed by atoms with Crippen LogP contribution in [0.5, 0.6) is 0 Å². The predicted octanol–water partition coefficient (Wildman–Crippen LogP) is 1.65. The molecule has 1 heterocycles. The fourth-order valence-electron chi connectivity index (χ4n) is 2.23. The van der Waals surface area contributed by atoms with Gasteiger partial charge in [-0.3, -0.25) is 4.79 Å². The maximum atomic E-state index is 12.1. The van der Waals surface area contributed by atoms with E-state index in [1.165, 1.54) is 5.56 Å². The molecule has 0 bridgehead atoms. The minimum Gasteiger partial charge on any atom is -0.351 e. The highest BCUT2D eigenvalue weighted by molar-refractivity contribution is 5.91. The van der Waals surface area contributed by atoms with Gasteiger partial charge in [0, 0.05) is 19.8 Å². The summed E-state index contributed by atoms with van der Waals surface area (Å²) in [7, 11) is 0. The van der Waals surface area contributed by atoms with Crippen molar-refractivity contribution in [2.24, 2.45) is 0 Å². The summed E-state index contributed by atoms with van der Waals surface area (Å²) in [4.78, 5) is 12.1. The molecule has 24 heavy (non-hydrogen) atoms. The summed E-state index contributed by atoms with van der Waals surface area (Å²) in [5, 5.41) is 10.7. The number of amides is 1. The van der Waals surface area contributed by atoms with E-state index in [1.807, 2.05) is 44.2 Å². The molecule has 0 fully saturated rings. The third-order valence-electron chi connectivity index (χ3n) is 3.35.